The zero-order chi connectivity index (χ0) is 29.1. The molecule has 1 fully saturated rings. The van der Waals surface area contributed by atoms with Gasteiger partial charge in [-0.15, -0.1) is 0 Å². The average molecular weight is 601 g/mol. The second kappa shape index (κ2) is 12.8. The molecule has 0 radical (unpaired) electrons. The fourth-order valence-corrected chi connectivity index (χ4v) is 7.66. The number of fused-ring (bicyclic) bond motifs is 3. The second-order valence-electron chi connectivity index (χ2n) is 11.9. The van der Waals surface area contributed by atoms with Crippen LogP contribution in [0.1, 0.15) is 67.4 Å². The molecule has 1 aliphatic carbocycles. The summed E-state index contributed by atoms with van der Waals surface area (Å²) in [4.78, 5) is 15.6. The summed E-state index contributed by atoms with van der Waals surface area (Å²) in [7, 11) is -2.11. The SMILES string of the molecule is CO[C@H]1/C=C/[C@@H](C)C[C@@H](C)S(=O)(=O)NC(=O)c2ccc3c(c2)N(CCCCc2cc(Cl)ccc2CO3)C[C@@H]2CC[C@H]21. The molecule has 1 N–H and O–H groups in total. The third-order valence-corrected chi connectivity index (χ3v) is 10.9. The Bertz CT molecular complexity index is 1390. The number of carbonyl (C=O) groups is 1. The predicted octanol–water partition coefficient (Wildman–Crippen LogP) is 6.15. The number of aryl methyl sites for hydroxylation is 1. The third-order valence-electron chi connectivity index (χ3n) is 8.96. The molecule has 0 unspecified atom stereocenters. The molecular formula is C32H41ClN2O5S. The van der Waals surface area contributed by atoms with E-state index in [1.54, 1.807) is 32.2 Å². The number of benzene rings is 2. The van der Waals surface area contributed by atoms with Crippen LogP contribution in [0.3, 0.4) is 0 Å². The van der Waals surface area contributed by atoms with Gasteiger partial charge >= 0.3 is 0 Å². The number of hydrogen-bond acceptors (Lipinski definition) is 6. The Balaban J connectivity index is 1.54. The van der Waals surface area contributed by atoms with Crippen molar-refractivity contribution in [2.45, 2.75) is 70.3 Å². The highest BCUT2D eigenvalue weighted by Gasteiger charge is 2.38. The van der Waals surface area contributed by atoms with Crippen molar-refractivity contribution in [3.63, 3.8) is 0 Å². The maximum atomic E-state index is 13.3. The van der Waals surface area contributed by atoms with E-state index in [0.29, 0.717) is 36.2 Å². The van der Waals surface area contributed by atoms with Crippen molar-refractivity contribution in [2.75, 3.05) is 25.1 Å². The highest BCUT2D eigenvalue weighted by atomic mass is 35.5. The minimum atomic E-state index is -3.87. The lowest BCUT2D eigenvalue weighted by Gasteiger charge is -2.43. The van der Waals surface area contributed by atoms with Gasteiger partial charge in [-0.25, -0.2) is 13.1 Å². The van der Waals surface area contributed by atoms with Crippen LogP contribution in [0.5, 0.6) is 5.75 Å². The lowest BCUT2D eigenvalue weighted by molar-refractivity contribution is 0.0133. The Labute approximate surface area is 249 Å². The first-order chi connectivity index (χ1) is 19.6. The van der Waals surface area contributed by atoms with Gasteiger partial charge in [0.2, 0.25) is 10.0 Å². The molecule has 1 saturated carbocycles. The molecular weight excluding hydrogens is 560 g/mol. The minimum Gasteiger partial charge on any atom is -0.487 e. The van der Waals surface area contributed by atoms with Crippen LogP contribution < -0.4 is 14.4 Å². The number of anilines is 1. The highest BCUT2D eigenvalue weighted by Crippen LogP contribution is 2.41. The zero-order valence-corrected chi connectivity index (χ0v) is 25.7. The molecule has 1 amide bonds. The summed E-state index contributed by atoms with van der Waals surface area (Å²) in [5, 5.41) is -0.0121. The van der Waals surface area contributed by atoms with Gasteiger partial charge in [-0.2, -0.15) is 0 Å². The minimum absolute atomic E-state index is 0.0220. The van der Waals surface area contributed by atoms with Crippen LogP contribution in [0.15, 0.2) is 48.6 Å². The Morgan fingerprint density at radius 2 is 1.88 bits per heavy atom. The van der Waals surface area contributed by atoms with Crippen molar-refractivity contribution in [3.05, 3.63) is 70.3 Å². The number of nitrogens with zero attached hydrogens (tertiary/aromatic N) is 1. The molecule has 9 heteroatoms. The first kappa shape index (κ1) is 29.9. The van der Waals surface area contributed by atoms with Gasteiger partial charge in [0.15, 0.2) is 0 Å². The van der Waals surface area contributed by atoms with Gasteiger partial charge in [-0.1, -0.05) is 36.7 Å². The Kier molecular flexibility index (Phi) is 9.31. The number of amides is 1. The summed E-state index contributed by atoms with van der Waals surface area (Å²) in [5.41, 5.74) is 3.40. The molecule has 0 aromatic heterocycles. The van der Waals surface area contributed by atoms with Gasteiger partial charge in [0, 0.05) is 30.8 Å². The van der Waals surface area contributed by atoms with Crippen LogP contribution in [0, 0.1) is 17.8 Å². The van der Waals surface area contributed by atoms with E-state index in [-0.39, 0.29) is 12.0 Å². The molecule has 222 valence electrons. The van der Waals surface area contributed by atoms with E-state index in [9.17, 15) is 13.2 Å². The molecule has 2 heterocycles. The largest absolute Gasteiger partial charge is 0.487 e. The van der Waals surface area contributed by atoms with Crippen molar-refractivity contribution in [2.24, 2.45) is 17.8 Å². The molecule has 5 rings (SSSR count). The van der Waals surface area contributed by atoms with E-state index in [4.69, 9.17) is 21.1 Å². The van der Waals surface area contributed by atoms with Gasteiger partial charge in [0.25, 0.3) is 5.91 Å². The smallest absolute Gasteiger partial charge is 0.264 e. The van der Waals surface area contributed by atoms with Gasteiger partial charge in [0.1, 0.15) is 12.4 Å². The van der Waals surface area contributed by atoms with Crippen LogP contribution in [-0.4, -0.2) is 45.9 Å². The molecule has 7 nitrogen and oxygen atoms in total. The summed E-state index contributed by atoms with van der Waals surface area (Å²) < 4.78 is 40.9. The Morgan fingerprint density at radius 1 is 1.05 bits per heavy atom. The summed E-state index contributed by atoms with van der Waals surface area (Å²) in [6, 6.07) is 11.2. The number of rotatable bonds is 1. The average Bonchev–Trinajstić information content (AvgIpc) is 2.95. The lowest BCUT2D eigenvalue weighted by Crippen LogP contribution is -2.44. The van der Waals surface area contributed by atoms with E-state index in [2.05, 4.69) is 21.8 Å². The molecule has 2 bridgehead atoms. The van der Waals surface area contributed by atoms with Gasteiger partial charge in [0.05, 0.1) is 17.0 Å². The molecule has 2 aromatic carbocycles. The van der Waals surface area contributed by atoms with Crippen molar-refractivity contribution in [1.82, 2.24) is 4.72 Å². The van der Waals surface area contributed by atoms with E-state index in [1.807, 2.05) is 25.1 Å². The molecule has 2 aromatic rings. The van der Waals surface area contributed by atoms with Crippen LogP contribution in [-0.2, 0) is 27.8 Å². The number of sulfonamides is 1. The topological polar surface area (TPSA) is 84.9 Å². The lowest BCUT2D eigenvalue weighted by atomic mass is 9.70. The predicted molar refractivity (Wildman–Crippen MR) is 163 cm³/mol. The van der Waals surface area contributed by atoms with E-state index >= 15 is 0 Å². The van der Waals surface area contributed by atoms with Crippen molar-refractivity contribution in [1.29, 1.82) is 0 Å². The monoisotopic (exact) mass is 600 g/mol. The third kappa shape index (κ3) is 6.92. The summed E-state index contributed by atoms with van der Waals surface area (Å²) in [5.74, 6) is 0.880. The molecule has 0 saturated heterocycles. The molecule has 5 atom stereocenters. The fourth-order valence-electron chi connectivity index (χ4n) is 6.33. The molecule has 3 aliphatic rings. The van der Waals surface area contributed by atoms with Crippen molar-refractivity contribution >= 4 is 33.2 Å². The highest BCUT2D eigenvalue weighted by molar-refractivity contribution is 7.90. The molecule has 0 spiro atoms. The van der Waals surface area contributed by atoms with Gasteiger partial charge < -0.3 is 14.4 Å². The summed E-state index contributed by atoms with van der Waals surface area (Å²) >= 11 is 6.31. The Morgan fingerprint density at radius 3 is 2.63 bits per heavy atom. The number of methoxy groups -OCH3 is 1. The molecule has 41 heavy (non-hydrogen) atoms. The van der Waals surface area contributed by atoms with Crippen molar-refractivity contribution in [3.8, 4) is 5.75 Å². The number of hydrogen-bond donors (Lipinski definition) is 1. The van der Waals surface area contributed by atoms with Crippen LogP contribution in [0.2, 0.25) is 5.02 Å². The van der Waals surface area contributed by atoms with Crippen LogP contribution >= 0.6 is 11.6 Å². The first-order valence-electron chi connectivity index (χ1n) is 14.7. The normalized spacial score (nSPS) is 29.4. The Hall–Kier alpha value is -2.55. The zero-order valence-electron chi connectivity index (χ0n) is 24.1. The number of nitrogens with one attached hydrogen (secondary N) is 1. The van der Waals surface area contributed by atoms with E-state index in [0.717, 1.165) is 61.5 Å². The standard InChI is InChI=1S/C32H41ClN2O5S/c1-21-7-13-30(39-3)28-12-9-25(28)19-35-15-5-4-6-23-17-27(33)11-8-26(23)20-40-31-14-10-24(18-29(31)35)32(36)34-41(37,38)22(2)16-21/h7-8,10-11,13-14,17-18,21-22,25,28,30H,4-6,9,12,15-16,19-20H2,1-3H3,(H,34,36)/b13-7+/t21-,22-,25+,28-,30+/m1/s1. The number of halogens is 1. The number of allylic oxidation sites excluding steroid dienone is 1. The van der Waals surface area contributed by atoms with Gasteiger partial charge in [-0.05, 0) is 105 Å². The number of carbonyl (C=O) groups excluding carboxylic acids is 1. The van der Waals surface area contributed by atoms with E-state index in [1.165, 1.54) is 5.56 Å². The first-order valence-corrected chi connectivity index (χ1v) is 16.6. The second-order valence-corrected chi connectivity index (χ2v) is 14.4. The van der Waals surface area contributed by atoms with Crippen LogP contribution in [0.4, 0.5) is 5.69 Å². The number of ether oxygens (including phenoxy) is 2. The maximum Gasteiger partial charge on any atom is 0.264 e. The van der Waals surface area contributed by atoms with Crippen LogP contribution in [0.25, 0.3) is 0 Å². The fraction of sp³-hybridized carbons (Fsp3) is 0.531. The molecule has 2 aliphatic heterocycles. The summed E-state index contributed by atoms with van der Waals surface area (Å²) in [6.07, 6.45) is 9.60. The maximum absolute atomic E-state index is 13.3. The summed E-state index contributed by atoms with van der Waals surface area (Å²) in [6.45, 7) is 5.63. The van der Waals surface area contributed by atoms with Gasteiger partial charge in [-0.3, -0.25) is 4.79 Å². The van der Waals surface area contributed by atoms with Crippen molar-refractivity contribution < 1.29 is 22.7 Å². The van der Waals surface area contributed by atoms with E-state index < -0.39 is 21.2 Å². The quantitative estimate of drug-likeness (QED) is 0.395.